The maximum atomic E-state index is 9.38. The second-order valence-electron chi connectivity index (χ2n) is 5.31. The number of fused-ring (bicyclic) bond motifs is 1. The standard InChI is InChI=1S/C16H17N5O.ClH/c1-8-12(7-10-3-5-11(22)6-4-10)9(2)19-15-13(8)14(17)20-16(18)21-15;/h3-6,22H,7H2,1-2H3,(H4,17,18,19,20,21);1H. The molecule has 3 rings (SSSR count). The van der Waals surface area contributed by atoms with Crippen LogP contribution in [0.4, 0.5) is 11.8 Å². The summed E-state index contributed by atoms with van der Waals surface area (Å²) < 4.78 is 0. The number of phenols is 1. The van der Waals surface area contributed by atoms with Crippen molar-refractivity contribution in [1.82, 2.24) is 15.0 Å². The molecule has 0 amide bonds. The number of rotatable bonds is 2. The topological polar surface area (TPSA) is 111 Å². The number of hydrogen-bond donors (Lipinski definition) is 3. The molecule has 0 unspecified atom stereocenters. The van der Waals surface area contributed by atoms with E-state index in [4.69, 9.17) is 11.5 Å². The Morgan fingerprint density at radius 1 is 1.00 bits per heavy atom. The zero-order valence-electron chi connectivity index (χ0n) is 12.9. The summed E-state index contributed by atoms with van der Waals surface area (Å²) in [7, 11) is 0. The first-order valence-corrected chi connectivity index (χ1v) is 6.92. The van der Waals surface area contributed by atoms with Gasteiger partial charge in [-0.2, -0.15) is 9.97 Å². The fourth-order valence-electron chi connectivity index (χ4n) is 2.65. The fourth-order valence-corrected chi connectivity index (χ4v) is 2.65. The Hall–Kier alpha value is -2.60. The zero-order valence-corrected chi connectivity index (χ0v) is 13.7. The highest BCUT2D eigenvalue weighted by atomic mass is 35.5. The van der Waals surface area contributed by atoms with Crippen LogP contribution >= 0.6 is 12.4 Å². The Morgan fingerprint density at radius 2 is 1.65 bits per heavy atom. The molecule has 2 aromatic heterocycles. The zero-order chi connectivity index (χ0) is 15.9. The number of halogens is 1. The quantitative estimate of drug-likeness (QED) is 0.665. The molecule has 2 heterocycles. The Kier molecular flexibility index (Phi) is 4.56. The lowest BCUT2D eigenvalue weighted by Crippen LogP contribution is -2.07. The molecule has 0 atom stereocenters. The van der Waals surface area contributed by atoms with Crippen LogP contribution in [0.3, 0.4) is 0 Å². The van der Waals surface area contributed by atoms with Gasteiger partial charge in [0.1, 0.15) is 11.6 Å². The van der Waals surface area contributed by atoms with Crippen molar-refractivity contribution < 1.29 is 5.11 Å². The number of nitrogens with zero attached hydrogens (tertiary/aromatic N) is 3. The van der Waals surface area contributed by atoms with E-state index in [0.717, 1.165) is 27.8 Å². The summed E-state index contributed by atoms with van der Waals surface area (Å²) in [5, 5.41) is 10.1. The van der Waals surface area contributed by atoms with E-state index in [0.29, 0.717) is 17.9 Å². The highest BCUT2D eigenvalue weighted by Crippen LogP contribution is 2.27. The molecule has 3 aromatic rings. The number of phenolic OH excluding ortho intramolecular Hbond substituents is 1. The van der Waals surface area contributed by atoms with Crippen LogP contribution in [0.15, 0.2) is 24.3 Å². The Balaban J connectivity index is 0.00000192. The SMILES string of the molecule is Cc1nc2nc(N)nc(N)c2c(C)c1Cc1ccc(O)cc1.Cl. The van der Waals surface area contributed by atoms with Gasteiger partial charge in [0.15, 0.2) is 5.65 Å². The van der Waals surface area contributed by atoms with Gasteiger partial charge < -0.3 is 16.6 Å². The predicted molar refractivity (Wildman–Crippen MR) is 93.8 cm³/mol. The number of aromatic nitrogens is 3. The number of aryl methyl sites for hydroxylation is 2. The average molecular weight is 332 g/mol. The smallest absolute Gasteiger partial charge is 0.224 e. The first-order valence-electron chi connectivity index (χ1n) is 6.92. The molecular weight excluding hydrogens is 314 g/mol. The predicted octanol–water partition coefficient (Wildman–Crippen LogP) is 2.52. The lowest BCUT2D eigenvalue weighted by molar-refractivity contribution is 0.475. The van der Waals surface area contributed by atoms with E-state index < -0.39 is 0 Å². The lowest BCUT2D eigenvalue weighted by Gasteiger charge is -2.13. The molecule has 0 saturated carbocycles. The summed E-state index contributed by atoms with van der Waals surface area (Å²) in [6, 6.07) is 7.13. The van der Waals surface area contributed by atoms with Gasteiger partial charge in [0.05, 0.1) is 5.39 Å². The summed E-state index contributed by atoms with van der Waals surface area (Å²) in [6.07, 6.45) is 0.699. The minimum Gasteiger partial charge on any atom is -0.508 e. The Bertz CT molecular complexity index is 865. The number of aromatic hydroxyl groups is 1. The number of benzene rings is 1. The van der Waals surface area contributed by atoms with E-state index in [9.17, 15) is 5.11 Å². The molecule has 5 N–H and O–H groups in total. The average Bonchev–Trinajstić information content (AvgIpc) is 2.44. The van der Waals surface area contributed by atoms with E-state index in [1.165, 1.54) is 0 Å². The van der Waals surface area contributed by atoms with Gasteiger partial charge >= 0.3 is 0 Å². The summed E-state index contributed by atoms with van der Waals surface area (Å²) in [5.41, 5.74) is 16.2. The van der Waals surface area contributed by atoms with Crippen molar-refractivity contribution in [2.75, 3.05) is 11.5 Å². The Labute approximate surface area is 140 Å². The molecule has 7 heteroatoms. The van der Waals surface area contributed by atoms with Gasteiger partial charge in [-0.1, -0.05) is 12.1 Å². The van der Waals surface area contributed by atoms with Crippen molar-refractivity contribution in [2.45, 2.75) is 20.3 Å². The van der Waals surface area contributed by atoms with Gasteiger partial charge in [-0.25, -0.2) is 4.98 Å². The third kappa shape index (κ3) is 3.12. The Morgan fingerprint density at radius 3 is 2.30 bits per heavy atom. The van der Waals surface area contributed by atoms with Crippen LogP contribution < -0.4 is 11.5 Å². The number of anilines is 2. The molecule has 0 aliphatic heterocycles. The number of hydrogen-bond acceptors (Lipinski definition) is 6. The molecule has 0 bridgehead atoms. The minimum absolute atomic E-state index is 0. The van der Waals surface area contributed by atoms with Crippen molar-refractivity contribution >= 4 is 35.2 Å². The third-order valence-corrected chi connectivity index (χ3v) is 3.79. The first kappa shape index (κ1) is 16.8. The molecule has 0 aliphatic rings. The number of pyridine rings is 1. The molecule has 23 heavy (non-hydrogen) atoms. The van der Waals surface area contributed by atoms with E-state index in [2.05, 4.69) is 15.0 Å². The van der Waals surface area contributed by atoms with E-state index in [1.807, 2.05) is 26.0 Å². The fraction of sp³-hybridized carbons (Fsp3) is 0.188. The van der Waals surface area contributed by atoms with Crippen LogP contribution in [-0.2, 0) is 6.42 Å². The van der Waals surface area contributed by atoms with E-state index in [1.54, 1.807) is 12.1 Å². The summed E-state index contributed by atoms with van der Waals surface area (Å²) in [6.45, 7) is 3.93. The minimum atomic E-state index is 0. The van der Waals surface area contributed by atoms with Gasteiger partial charge in [-0.3, -0.25) is 0 Å². The van der Waals surface area contributed by atoms with Crippen LogP contribution in [0.1, 0.15) is 22.4 Å². The summed E-state index contributed by atoms with van der Waals surface area (Å²) >= 11 is 0. The summed E-state index contributed by atoms with van der Waals surface area (Å²) in [4.78, 5) is 12.7. The highest BCUT2D eigenvalue weighted by molar-refractivity contribution is 5.90. The second-order valence-corrected chi connectivity index (χ2v) is 5.31. The lowest BCUT2D eigenvalue weighted by atomic mass is 9.97. The third-order valence-electron chi connectivity index (χ3n) is 3.79. The molecule has 1 aromatic carbocycles. The van der Waals surface area contributed by atoms with Crippen molar-refractivity contribution in [3.63, 3.8) is 0 Å². The van der Waals surface area contributed by atoms with Gasteiger partial charge in [0.2, 0.25) is 5.95 Å². The van der Waals surface area contributed by atoms with Gasteiger partial charge in [0, 0.05) is 5.69 Å². The van der Waals surface area contributed by atoms with Crippen molar-refractivity contribution in [2.24, 2.45) is 0 Å². The second kappa shape index (κ2) is 6.26. The van der Waals surface area contributed by atoms with Crippen molar-refractivity contribution in [1.29, 1.82) is 0 Å². The largest absolute Gasteiger partial charge is 0.508 e. The van der Waals surface area contributed by atoms with Crippen LogP contribution in [0.5, 0.6) is 5.75 Å². The van der Waals surface area contributed by atoms with E-state index >= 15 is 0 Å². The van der Waals surface area contributed by atoms with Gasteiger partial charge in [-0.15, -0.1) is 12.4 Å². The normalized spacial score (nSPS) is 10.5. The molecular formula is C16H18ClN5O. The molecule has 120 valence electrons. The van der Waals surface area contributed by atoms with E-state index in [-0.39, 0.29) is 24.1 Å². The molecule has 0 radical (unpaired) electrons. The van der Waals surface area contributed by atoms with Gasteiger partial charge in [0.25, 0.3) is 0 Å². The van der Waals surface area contributed by atoms with Gasteiger partial charge in [-0.05, 0) is 49.1 Å². The monoisotopic (exact) mass is 331 g/mol. The van der Waals surface area contributed by atoms with Crippen LogP contribution in [0.2, 0.25) is 0 Å². The van der Waals surface area contributed by atoms with Crippen LogP contribution in [0, 0.1) is 13.8 Å². The number of nitrogens with two attached hydrogens (primary N) is 2. The maximum Gasteiger partial charge on any atom is 0.224 e. The molecule has 0 saturated heterocycles. The number of nitrogen functional groups attached to an aromatic ring is 2. The molecule has 6 nitrogen and oxygen atoms in total. The molecule has 0 aliphatic carbocycles. The molecule has 0 spiro atoms. The van der Waals surface area contributed by atoms with Crippen molar-refractivity contribution in [3.05, 3.63) is 46.6 Å². The van der Waals surface area contributed by atoms with Crippen molar-refractivity contribution in [3.8, 4) is 5.75 Å². The first-order chi connectivity index (χ1) is 10.5. The molecule has 0 fully saturated rings. The van der Waals surface area contributed by atoms with Crippen LogP contribution in [-0.4, -0.2) is 20.1 Å². The highest BCUT2D eigenvalue weighted by Gasteiger charge is 2.14. The van der Waals surface area contributed by atoms with Crippen LogP contribution in [0.25, 0.3) is 11.0 Å². The summed E-state index contributed by atoms with van der Waals surface area (Å²) in [5.74, 6) is 0.726. The maximum absolute atomic E-state index is 9.38.